The van der Waals surface area contributed by atoms with Crippen molar-refractivity contribution in [2.45, 2.75) is 6.92 Å². The highest BCUT2D eigenvalue weighted by Crippen LogP contribution is 2.38. The van der Waals surface area contributed by atoms with E-state index in [1.54, 1.807) is 42.5 Å². The minimum Gasteiger partial charge on any atom is -0.494 e. The van der Waals surface area contributed by atoms with E-state index in [0.29, 0.717) is 35.1 Å². The normalized spacial score (nSPS) is 14.0. The van der Waals surface area contributed by atoms with Crippen molar-refractivity contribution in [2.24, 2.45) is 0 Å². The number of ether oxygens (including phenoxy) is 3. The van der Waals surface area contributed by atoms with Gasteiger partial charge in [-0.2, -0.15) is 0 Å². The molecular weight excluding hydrogens is 370 g/mol. The van der Waals surface area contributed by atoms with Gasteiger partial charge >= 0.3 is 0 Å². The van der Waals surface area contributed by atoms with E-state index in [4.69, 9.17) is 25.8 Å². The third kappa shape index (κ3) is 3.36. The number of amides is 2. The van der Waals surface area contributed by atoms with Gasteiger partial charge in [0.2, 0.25) is 0 Å². The SMILES string of the molecule is CCOc1ccc(C2=C(Cl)C(=O)N(c3ccc(OC)c(OC)c3)C2=O)cc1. The summed E-state index contributed by atoms with van der Waals surface area (Å²) < 4.78 is 15.8. The van der Waals surface area contributed by atoms with Crippen LogP contribution < -0.4 is 19.1 Å². The Bertz CT molecular complexity index is 920. The van der Waals surface area contributed by atoms with E-state index >= 15 is 0 Å². The molecule has 6 nitrogen and oxygen atoms in total. The summed E-state index contributed by atoms with van der Waals surface area (Å²) in [6, 6.07) is 11.6. The Kier molecular flexibility index (Phi) is 5.37. The summed E-state index contributed by atoms with van der Waals surface area (Å²) in [5.41, 5.74) is 1.05. The standard InChI is InChI=1S/C20H18ClNO5/c1-4-27-14-8-5-12(6-9-14)17-18(21)20(24)22(19(17)23)13-7-10-15(25-2)16(11-13)26-3/h5-11H,4H2,1-3H3. The summed E-state index contributed by atoms with van der Waals surface area (Å²) >= 11 is 6.22. The van der Waals surface area contributed by atoms with Gasteiger partial charge in [0.05, 0.1) is 32.1 Å². The van der Waals surface area contributed by atoms with Crippen LogP contribution in [0.2, 0.25) is 0 Å². The van der Waals surface area contributed by atoms with Crippen molar-refractivity contribution in [3.63, 3.8) is 0 Å². The maximum atomic E-state index is 13.0. The number of halogens is 1. The second-order valence-electron chi connectivity index (χ2n) is 5.63. The van der Waals surface area contributed by atoms with Crippen molar-refractivity contribution in [2.75, 3.05) is 25.7 Å². The van der Waals surface area contributed by atoms with Gasteiger partial charge < -0.3 is 14.2 Å². The number of nitrogens with zero attached hydrogens (tertiary/aromatic N) is 1. The van der Waals surface area contributed by atoms with Gasteiger partial charge in [-0.05, 0) is 36.8 Å². The first-order valence-corrected chi connectivity index (χ1v) is 8.63. The van der Waals surface area contributed by atoms with Gasteiger partial charge in [0.25, 0.3) is 11.8 Å². The molecule has 0 saturated carbocycles. The van der Waals surface area contributed by atoms with E-state index in [9.17, 15) is 9.59 Å². The number of benzene rings is 2. The number of rotatable bonds is 6. The molecule has 1 heterocycles. The van der Waals surface area contributed by atoms with Crippen LogP contribution in [0.4, 0.5) is 5.69 Å². The average molecular weight is 388 g/mol. The minimum absolute atomic E-state index is 0.126. The van der Waals surface area contributed by atoms with Gasteiger partial charge in [-0.15, -0.1) is 0 Å². The number of carbonyl (C=O) groups excluding carboxylic acids is 2. The number of imide groups is 1. The predicted molar refractivity (Wildman–Crippen MR) is 102 cm³/mol. The van der Waals surface area contributed by atoms with Crippen LogP contribution in [-0.2, 0) is 9.59 Å². The first kappa shape index (κ1) is 18.8. The van der Waals surface area contributed by atoms with Crippen LogP contribution in [-0.4, -0.2) is 32.6 Å². The molecule has 0 saturated heterocycles. The van der Waals surface area contributed by atoms with Gasteiger partial charge in [0.1, 0.15) is 10.8 Å². The van der Waals surface area contributed by atoms with Gasteiger partial charge in [-0.3, -0.25) is 9.59 Å². The quantitative estimate of drug-likeness (QED) is 0.708. The highest BCUT2D eigenvalue weighted by molar-refractivity contribution is 6.60. The molecule has 0 atom stereocenters. The first-order valence-electron chi connectivity index (χ1n) is 8.25. The van der Waals surface area contributed by atoms with Gasteiger partial charge in [0.15, 0.2) is 11.5 Å². The zero-order valence-electron chi connectivity index (χ0n) is 15.1. The molecule has 140 valence electrons. The van der Waals surface area contributed by atoms with E-state index < -0.39 is 11.8 Å². The topological polar surface area (TPSA) is 65.1 Å². The molecule has 0 unspecified atom stereocenters. The Morgan fingerprint density at radius 3 is 2.19 bits per heavy atom. The Morgan fingerprint density at radius 1 is 0.926 bits per heavy atom. The molecule has 0 bridgehead atoms. The lowest BCUT2D eigenvalue weighted by molar-refractivity contribution is -0.119. The molecule has 2 aromatic carbocycles. The Morgan fingerprint density at radius 2 is 1.59 bits per heavy atom. The summed E-state index contributed by atoms with van der Waals surface area (Å²) in [5.74, 6) is 0.484. The van der Waals surface area contributed by atoms with Crippen molar-refractivity contribution in [1.29, 1.82) is 0 Å². The summed E-state index contributed by atoms with van der Waals surface area (Å²) in [4.78, 5) is 26.6. The largest absolute Gasteiger partial charge is 0.494 e. The maximum Gasteiger partial charge on any atom is 0.277 e. The van der Waals surface area contributed by atoms with E-state index in [1.807, 2.05) is 6.92 Å². The lowest BCUT2D eigenvalue weighted by Crippen LogP contribution is -2.31. The molecule has 0 N–H and O–H groups in total. The van der Waals surface area contributed by atoms with Crippen molar-refractivity contribution in [3.8, 4) is 17.2 Å². The molecule has 1 aliphatic rings. The zero-order valence-corrected chi connectivity index (χ0v) is 15.9. The summed E-state index contributed by atoms with van der Waals surface area (Å²) in [6.45, 7) is 2.42. The fourth-order valence-corrected chi connectivity index (χ4v) is 3.11. The second kappa shape index (κ2) is 7.72. The number of methoxy groups -OCH3 is 2. The Hall–Kier alpha value is -2.99. The molecule has 1 aliphatic heterocycles. The number of anilines is 1. The van der Waals surface area contributed by atoms with E-state index in [0.717, 1.165) is 4.90 Å². The van der Waals surface area contributed by atoms with Gasteiger partial charge in [-0.25, -0.2) is 4.90 Å². The van der Waals surface area contributed by atoms with E-state index in [2.05, 4.69) is 0 Å². The molecule has 2 amide bonds. The lowest BCUT2D eigenvalue weighted by atomic mass is 10.1. The fourth-order valence-electron chi connectivity index (χ4n) is 2.84. The summed E-state index contributed by atoms with van der Waals surface area (Å²) in [6.07, 6.45) is 0. The van der Waals surface area contributed by atoms with Crippen molar-refractivity contribution in [1.82, 2.24) is 0 Å². The van der Waals surface area contributed by atoms with Gasteiger partial charge in [0, 0.05) is 6.07 Å². The van der Waals surface area contributed by atoms with Crippen molar-refractivity contribution < 1.29 is 23.8 Å². The monoisotopic (exact) mass is 387 g/mol. The zero-order chi connectivity index (χ0) is 19.6. The smallest absolute Gasteiger partial charge is 0.277 e. The van der Waals surface area contributed by atoms with Crippen LogP contribution in [0.1, 0.15) is 12.5 Å². The van der Waals surface area contributed by atoms with E-state index in [1.165, 1.54) is 14.2 Å². The van der Waals surface area contributed by atoms with Crippen LogP contribution in [0.25, 0.3) is 5.57 Å². The third-order valence-electron chi connectivity index (χ3n) is 4.11. The first-order chi connectivity index (χ1) is 13.0. The van der Waals surface area contributed by atoms with Crippen LogP contribution in [0, 0.1) is 0 Å². The van der Waals surface area contributed by atoms with Crippen LogP contribution in [0.3, 0.4) is 0 Å². The fraction of sp³-hybridized carbons (Fsp3) is 0.200. The third-order valence-corrected chi connectivity index (χ3v) is 4.46. The molecule has 7 heteroatoms. The van der Waals surface area contributed by atoms with Gasteiger partial charge in [-0.1, -0.05) is 23.7 Å². The van der Waals surface area contributed by atoms with Crippen LogP contribution in [0.15, 0.2) is 47.5 Å². The van der Waals surface area contributed by atoms with E-state index in [-0.39, 0.29) is 10.6 Å². The lowest BCUT2D eigenvalue weighted by Gasteiger charge is -2.17. The van der Waals surface area contributed by atoms with Crippen molar-refractivity contribution >= 4 is 34.7 Å². The van der Waals surface area contributed by atoms with Crippen LogP contribution in [0.5, 0.6) is 17.2 Å². The maximum absolute atomic E-state index is 13.0. The molecular formula is C20H18ClNO5. The molecule has 3 rings (SSSR count). The minimum atomic E-state index is -0.585. The Balaban J connectivity index is 1.96. The predicted octanol–water partition coefficient (Wildman–Crippen LogP) is 3.63. The molecule has 0 radical (unpaired) electrons. The highest BCUT2D eigenvalue weighted by Gasteiger charge is 2.39. The molecule has 0 aromatic heterocycles. The van der Waals surface area contributed by atoms with Crippen molar-refractivity contribution in [3.05, 3.63) is 53.1 Å². The molecule has 0 fully saturated rings. The van der Waals surface area contributed by atoms with Crippen LogP contribution >= 0.6 is 11.6 Å². The number of hydrogen-bond donors (Lipinski definition) is 0. The molecule has 0 aliphatic carbocycles. The highest BCUT2D eigenvalue weighted by atomic mass is 35.5. The summed E-state index contributed by atoms with van der Waals surface area (Å²) in [5, 5.41) is -0.126. The molecule has 2 aromatic rings. The number of carbonyl (C=O) groups is 2. The number of hydrogen-bond acceptors (Lipinski definition) is 5. The Labute approximate surface area is 161 Å². The summed E-state index contributed by atoms with van der Waals surface area (Å²) in [7, 11) is 2.98. The molecule has 27 heavy (non-hydrogen) atoms. The average Bonchev–Trinajstić information content (AvgIpc) is 2.91. The molecule has 0 spiro atoms. The second-order valence-corrected chi connectivity index (χ2v) is 6.01.